The lowest BCUT2D eigenvalue weighted by molar-refractivity contribution is -0.135. The van der Waals surface area contributed by atoms with E-state index in [4.69, 9.17) is 4.74 Å². The highest BCUT2D eigenvalue weighted by molar-refractivity contribution is 7.19. The number of hydrogen-bond acceptors (Lipinski definition) is 9. The number of nitrogens with zero attached hydrogens (tertiary/aromatic N) is 4. The molecule has 1 aromatic carbocycles. The number of ether oxygens (including phenoxy) is 1. The van der Waals surface area contributed by atoms with Gasteiger partial charge in [-0.15, -0.1) is 11.3 Å². The van der Waals surface area contributed by atoms with Crippen molar-refractivity contribution in [3.8, 4) is 5.75 Å². The molecule has 3 aromatic heterocycles. The first-order valence-corrected chi connectivity index (χ1v) is 12.6. The molecule has 1 fully saturated rings. The number of fused-ring (bicyclic) bond motifs is 4. The monoisotopic (exact) mass is 494 g/mol. The third-order valence-electron chi connectivity index (χ3n) is 6.86. The van der Waals surface area contributed by atoms with Crippen molar-refractivity contribution in [1.82, 2.24) is 25.1 Å². The zero-order valence-electron chi connectivity index (χ0n) is 19.2. The lowest BCUT2D eigenvalue weighted by atomic mass is 9.87. The molecule has 1 saturated heterocycles. The van der Waals surface area contributed by atoms with Gasteiger partial charge in [-0.3, -0.25) is 9.89 Å². The summed E-state index contributed by atoms with van der Waals surface area (Å²) in [4.78, 5) is 25.7. The average Bonchev–Trinajstić information content (AvgIpc) is 3.55. The summed E-state index contributed by atoms with van der Waals surface area (Å²) in [6.45, 7) is 2.86. The summed E-state index contributed by atoms with van der Waals surface area (Å²) in [7, 11) is 0. The molecule has 4 heterocycles. The number of aromatic nitrogens is 4. The lowest BCUT2D eigenvalue weighted by Gasteiger charge is -2.26. The number of carbonyl (C=O) groups is 1. The number of β-amino-alcohol motifs (C(OH)–C–C–N with tert-alkyl or cyclic N) is 2. The summed E-state index contributed by atoms with van der Waals surface area (Å²) in [5.74, 6) is 1.26. The standard InChI is InChI=1S/C24H26N6O4S/c1-2-34-19-7-15-13(8-27-29-15)5-16(19)28-22-21-14-4-3-12(6-20(14)35-23(21)26-11-25-22)24(33)30-9-17(31)18(32)10-30/h5,7-8,11-12,17-18,31-32H,2-4,6,9-10H2,1H3,(H,27,29)(H,25,26,28)/t12-,17-,18-/m0/s1. The Morgan fingerprint density at radius 2 is 2.11 bits per heavy atom. The van der Waals surface area contributed by atoms with Crippen LogP contribution in [0.2, 0.25) is 0 Å². The zero-order chi connectivity index (χ0) is 24.1. The molecule has 1 aliphatic carbocycles. The van der Waals surface area contributed by atoms with E-state index in [2.05, 4.69) is 25.5 Å². The van der Waals surface area contributed by atoms with Gasteiger partial charge in [0.05, 0.1) is 41.6 Å². The Bertz CT molecular complexity index is 1410. The van der Waals surface area contributed by atoms with Crippen LogP contribution in [0.3, 0.4) is 0 Å². The van der Waals surface area contributed by atoms with Gasteiger partial charge < -0.3 is 25.2 Å². The number of likely N-dealkylation sites (tertiary alicyclic amines) is 1. The van der Waals surface area contributed by atoms with Crippen molar-refractivity contribution in [2.45, 2.75) is 38.4 Å². The Kier molecular flexibility index (Phi) is 5.54. The number of thiophene rings is 1. The molecule has 1 aliphatic heterocycles. The van der Waals surface area contributed by atoms with Gasteiger partial charge in [-0.1, -0.05) is 0 Å². The van der Waals surface area contributed by atoms with Gasteiger partial charge in [0.15, 0.2) is 0 Å². The highest BCUT2D eigenvalue weighted by Gasteiger charge is 2.37. The number of aromatic amines is 1. The Labute approximate surface area is 205 Å². The summed E-state index contributed by atoms with van der Waals surface area (Å²) in [6, 6.07) is 3.92. The van der Waals surface area contributed by atoms with Crippen LogP contribution in [-0.2, 0) is 17.6 Å². The number of carbonyl (C=O) groups excluding carboxylic acids is 1. The van der Waals surface area contributed by atoms with E-state index in [1.165, 1.54) is 5.56 Å². The van der Waals surface area contributed by atoms with E-state index in [9.17, 15) is 15.0 Å². The summed E-state index contributed by atoms with van der Waals surface area (Å²) in [5, 5.41) is 32.2. The molecule has 1 amide bonds. The Morgan fingerprint density at radius 1 is 1.29 bits per heavy atom. The molecule has 3 atom stereocenters. The van der Waals surface area contributed by atoms with Crippen LogP contribution in [0.5, 0.6) is 5.75 Å². The highest BCUT2D eigenvalue weighted by atomic mass is 32.1. The van der Waals surface area contributed by atoms with Crippen molar-refractivity contribution in [2.24, 2.45) is 5.92 Å². The second-order valence-corrected chi connectivity index (χ2v) is 10.2. The minimum absolute atomic E-state index is 0.00269. The topological polar surface area (TPSA) is 136 Å². The fourth-order valence-corrected chi connectivity index (χ4v) is 6.36. The number of hydrogen-bond donors (Lipinski definition) is 4. The van der Waals surface area contributed by atoms with E-state index in [1.807, 2.05) is 19.1 Å². The van der Waals surface area contributed by atoms with Crippen LogP contribution < -0.4 is 10.1 Å². The van der Waals surface area contributed by atoms with Gasteiger partial charge in [-0.2, -0.15) is 5.10 Å². The highest BCUT2D eigenvalue weighted by Crippen LogP contribution is 2.42. The Hall–Kier alpha value is -3.28. The summed E-state index contributed by atoms with van der Waals surface area (Å²) in [6.07, 6.45) is 3.67. The normalized spacial score (nSPS) is 22.0. The SMILES string of the molecule is CCOc1cc2[nH]ncc2cc1Nc1ncnc2sc3c(c12)CC[C@H](C(=O)N1C[C@H](O)[C@@H](O)C1)C3. The molecule has 0 spiro atoms. The van der Waals surface area contributed by atoms with Gasteiger partial charge in [-0.25, -0.2) is 9.97 Å². The van der Waals surface area contributed by atoms with Gasteiger partial charge in [-0.05, 0) is 37.8 Å². The van der Waals surface area contributed by atoms with Crippen LogP contribution in [0.15, 0.2) is 24.7 Å². The van der Waals surface area contributed by atoms with Crippen LogP contribution >= 0.6 is 11.3 Å². The third-order valence-corrected chi connectivity index (χ3v) is 8.02. The first-order valence-electron chi connectivity index (χ1n) is 11.8. The van der Waals surface area contributed by atoms with Gasteiger partial charge in [0.1, 0.15) is 22.7 Å². The van der Waals surface area contributed by atoms with E-state index in [0.29, 0.717) is 31.0 Å². The van der Waals surface area contributed by atoms with E-state index in [1.54, 1.807) is 28.8 Å². The van der Waals surface area contributed by atoms with Gasteiger partial charge >= 0.3 is 0 Å². The molecule has 0 unspecified atom stereocenters. The molecule has 0 radical (unpaired) electrons. The van der Waals surface area contributed by atoms with E-state index < -0.39 is 12.2 Å². The molecule has 4 aromatic rings. The molecule has 0 saturated carbocycles. The molecule has 10 nitrogen and oxygen atoms in total. The van der Waals surface area contributed by atoms with Crippen molar-refractivity contribution in [1.29, 1.82) is 0 Å². The molecule has 4 N–H and O–H groups in total. The predicted octanol–water partition coefficient (Wildman–Crippen LogP) is 2.38. The summed E-state index contributed by atoms with van der Waals surface area (Å²) in [5.41, 5.74) is 2.88. The van der Waals surface area contributed by atoms with Crippen LogP contribution in [0.4, 0.5) is 11.5 Å². The number of anilines is 2. The van der Waals surface area contributed by atoms with Crippen molar-refractivity contribution in [3.63, 3.8) is 0 Å². The van der Waals surface area contributed by atoms with E-state index in [0.717, 1.165) is 38.1 Å². The number of nitrogens with one attached hydrogen (secondary N) is 2. The molecule has 6 rings (SSSR count). The molecular weight excluding hydrogens is 468 g/mol. The van der Waals surface area contributed by atoms with Gasteiger partial charge in [0.25, 0.3) is 0 Å². The fraction of sp³-hybridized carbons (Fsp3) is 0.417. The number of aryl methyl sites for hydroxylation is 1. The molecule has 35 heavy (non-hydrogen) atoms. The lowest BCUT2D eigenvalue weighted by Crippen LogP contribution is -2.37. The van der Waals surface area contributed by atoms with Crippen molar-refractivity contribution in [2.75, 3.05) is 25.0 Å². The molecule has 0 bridgehead atoms. The maximum Gasteiger partial charge on any atom is 0.226 e. The predicted molar refractivity (Wildman–Crippen MR) is 132 cm³/mol. The van der Waals surface area contributed by atoms with E-state index >= 15 is 0 Å². The van der Waals surface area contributed by atoms with Crippen LogP contribution in [-0.4, -0.2) is 73.1 Å². The minimum atomic E-state index is -0.866. The molecule has 11 heteroatoms. The average molecular weight is 495 g/mol. The maximum atomic E-state index is 13.1. The van der Waals surface area contributed by atoms with Crippen molar-refractivity contribution < 1.29 is 19.7 Å². The first kappa shape index (κ1) is 22.2. The van der Waals surface area contributed by atoms with Gasteiger partial charge in [0, 0.05) is 35.3 Å². The summed E-state index contributed by atoms with van der Waals surface area (Å²) < 4.78 is 5.87. The number of benzene rings is 1. The number of aliphatic hydroxyl groups is 2. The Balaban J connectivity index is 1.31. The molecular formula is C24H26N6O4S. The number of rotatable bonds is 5. The van der Waals surface area contributed by atoms with Crippen LogP contribution in [0.25, 0.3) is 21.1 Å². The van der Waals surface area contributed by atoms with Crippen molar-refractivity contribution >= 4 is 49.9 Å². The van der Waals surface area contributed by atoms with E-state index in [-0.39, 0.29) is 24.9 Å². The minimum Gasteiger partial charge on any atom is -0.492 e. The smallest absolute Gasteiger partial charge is 0.226 e. The fourth-order valence-electron chi connectivity index (χ4n) is 5.10. The van der Waals surface area contributed by atoms with Gasteiger partial charge in [0.2, 0.25) is 5.91 Å². The second kappa shape index (κ2) is 8.74. The van der Waals surface area contributed by atoms with Crippen LogP contribution in [0.1, 0.15) is 23.8 Å². The zero-order valence-corrected chi connectivity index (χ0v) is 20.0. The quantitative estimate of drug-likeness (QED) is 0.332. The maximum absolute atomic E-state index is 13.1. The van der Waals surface area contributed by atoms with Crippen LogP contribution in [0, 0.1) is 5.92 Å². The largest absolute Gasteiger partial charge is 0.492 e. The molecule has 2 aliphatic rings. The first-order chi connectivity index (χ1) is 17.0. The van der Waals surface area contributed by atoms with Crippen molar-refractivity contribution in [3.05, 3.63) is 35.1 Å². The third kappa shape index (κ3) is 3.89. The second-order valence-electron chi connectivity index (χ2n) is 9.09. The molecule has 182 valence electrons. The number of H-pyrrole nitrogens is 1. The Morgan fingerprint density at radius 3 is 2.91 bits per heavy atom. The number of amides is 1. The number of aliphatic hydroxyl groups excluding tert-OH is 2. The summed E-state index contributed by atoms with van der Waals surface area (Å²) >= 11 is 1.60.